The number of hydrogen-bond acceptors (Lipinski definition) is 4. The van der Waals surface area contributed by atoms with Crippen LogP contribution in [0.15, 0.2) is 84.0 Å². The summed E-state index contributed by atoms with van der Waals surface area (Å²) < 4.78 is 5.71. The fourth-order valence-corrected chi connectivity index (χ4v) is 2.60. The van der Waals surface area contributed by atoms with Gasteiger partial charge >= 0.3 is 0 Å². The van der Waals surface area contributed by atoms with Gasteiger partial charge in [0.25, 0.3) is 5.91 Å². The van der Waals surface area contributed by atoms with Gasteiger partial charge in [-0.15, -0.1) is 0 Å². The highest BCUT2D eigenvalue weighted by molar-refractivity contribution is 5.99. The number of carbonyl (C=O) groups is 1. The summed E-state index contributed by atoms with van der Waals surface area (Å²) in [6.45, 7) is 1.68. The fourth-order valence-electron chi connectivity index (χ4n) is 2.60. The normalized spacial score (nSPS) is 11.1. The second-order valence-electron chi connectivity index (χ2n) is 6.01. The maximum Gasteiger partial charge on any atom is 0.277 e. The predicted molar refractivity (Wildman–Crippen MR) is 109 cm³/mol. The van der Waals surface area contributed by atoms with Crippen molar-refractivity contribution in [2.75, 3.05) is 12.3 Å². The molecule has 0 fully saturated rings. The van der Waals surface area contributed by atoms with Crippen LogP contribution in [-0.4, -0.2) is 18.2 Å². The third kappa shape index (κ3) is 4.95. The SMILES string of the molecule is C/C(=N\NC(=O)COc1ccccc1-c1ccccc1)c1cccc(N)c1. The summed E-state index contributed by atoms with van der Waals surface area (Å²) in [7, 11) is 0. The van der Waals surface area contributed by atoms with Crippen LogP contribution in [0.25, 0.3) is 11.1 Å². The number of rotatable bonds is 6. The number of ether oxygens (including phenoxy) is 1. The first kappa shape index (κ1) is 18.2. The highest BCUT2D eigenvalue weighted by Gasteiger charge is 2.08. The van der Waals surface area contributed by atoms with Gasteiger partial charge in [-0.3, -0.25) is 4.79 Å². The topological polar surface area (TPSA) is 76.7 Å². The molecule has 27 heavy (non-hydrogen) atoms. The van der Waals surface area contributed by atoms with E-state index in [-0.39, 0.29) is 12.5 Å². The van der Waals surface area contributed by atoms with Gasteiger partial charge in [-0.05, 0) is 36.2 Å². The molecular weight excluding hydrogens is 338 g/mol. The number of carbonyl (C=O) groups excluding carboxylic acids is 1. The molecule has 0 aromatic heterocycles. The molecule has 0 unspecified atom stereocenters. The Morgan fingerprint density at radius 3 is 2.52 bits per heavy atom. The molecule has 0 saturated carbocycles. The minimum absolute atomic E-state index is 0.127. The van der Waals surface area contributed by atoms with Crippen molar-refractivity contribution in [3.63, 3.8) is 0 Å². The van der Waals surface area contributed by atoms with Crippen molar-refractivity contribution in [1.82, 2.24) is 5.43 Å². The monoisotopic (exact) mass is 359 g/mol. The average Bonchev–Trinajstić information content (AvgIpc) is 2.71. The van der Waals surface area contributed by atoms with Crippen LogP contribution < -0.4 is 15.9 Å². The number of para-hydroxylation sites is 1. The summed E-state index contributed by atoms with van der Waals surface area (Å²) in [5, 5.41) is 4.11. The van der Waals surface area contributed by atoms with E-state index in [0.29, 0.717) is 17.1 Å². The number of nitrogens with two attached hydrogens (primary N) is 1. The molecule has 3 N–H and O–H groups in total. The van der Waals surface area contributed by atoms with Gasteiger partial charge in [-0.2, -0.15) is 5.10 Å². The van der Waals surface area contributed by atoms with Crippen molar-refractivity contribution in [3.8, 4) is 16.9 Å². The van der Waals surface area contributed by atoms with Gasteiger partial charge in [0.05, 0.1) is 5.71 Å². The third-order valence-corrected chi connectivity index (χ3v) is 3.98. The number of nitrogens with one attached hydrogen (secondary N) is 1. The van der Waals surface area contributed by atoms with Gasteiger partial charge in [-0.1, -0.05) is 60.7 Å². The van der Waals surface area contributed by atoms with Crippen LogP contribution >= 0.6 is 0 Å². The van der Waals surface area contributed by atoms with E-state index in [0.717, 1.165) is 16.7 Å². The van der Waals surface area contributed by atoms with Crippen molar-refractivity contribution in [3.05, 3.63) is 84.4 Å². The Bertz CT molecular complexity index is 953. The molecule has 1 amide bonds. The lowest BCUT2D eigenvalue weighted by molar-refractivity contribution is -0.123. The van der Waals surface area contributed by atoms with E-state index in [1.165, 1.54) is 0 Å². The Balaban J connectivity index is 1.63. The minimum atomic E-state index is -0.332. The van der Waals surface area contributed by atoms with E-state index >= 15 is 0 Å². The van der Waals surface area contributed by atoms with Crippen LogP contribution in [0.2, 0.25) is 0 Å². The summed E-state index contributed by atoms with van der Waals surface area (Å²) in [5.41, 5.74) is 12.4. The molecule has 5 nitrogen and oxygen atoms in total. The summed E-state index contributed by atoms with van der Waals surface area (Å²) in [6.07, 6.45) is 0. The van der Waals surface area contributed by atoms with Gasteiger partial charge < -0.3 is 10.5 Å². The number of benzene rings is 3. The van der Waals surface area contributed by atoms with Crippen LogP contribution in [0, 0.1) is 0 Å². The largest absolute Gasteiger partial charge is 0.483 e. The van der Waals surface area contributed by atoms with Crippen LogP contribution in [0.3, 0.4) is 0 Å². The first-order valence-electron chi connectivity index (χ1n) is 8.60. The summed E-state index contributed by atoms with van der Waals surface area (Å²) in [5.74, 6) is 0.316. The maximum atomic E-state index is 12.1. The lowest BCUT2D eigenvalue weighted by atomic mass is 10.1. The number of anilines is 1. The molecular formula is C22H21N3O2. The molecule has 136 valence electrons. The number of nitrogen functional groups attached to an aromatic ring is 1. The molecule has 3 aromatic carbocycles. The first-order valence-corrected chi connectivity index (χ1v) is 8.60. The number of amides is 1. The highest BCUT2D eigenvalue weighted by atomic mass is 16.5. The molecule has 0 heterocycles. The smallest absolute Gasteiger partial charge is 0.277 e. The zero-order valence-corrected chi connectivity index (χ0v) is 15.1. The molecule has 5 heteroatoms. The molecule has 0 aliphatic heterocycles. The van der Waals surface area contributed by atoms with Gasteiger partial charge in [-0.25, -0.2) is 5.43 Å². The van der Waals surface area contributed by atoms with Gasteiger partial charge in [0, 0.05) is 11.3 Å². The fraction of sp³-hybridized carbons (Fsp3) is 0.0909. The molecule has 0 bridgehead atoms. The molecule has 3 rings (SSSR count). The molecule has 3 aromatic rings. The summed E-state index contributed by atoms with van der Waals surface area (Å²) in [4.78, 5) is 12.1. The first-order chi connectivity index (χ1) is 13.1. The van der Waals surface area contributed by atoms with E-state index in [4.69, 9.17) is 10.5 Å². The van der Waals surface area contributed by atoms with Crippen LogP contribution in [0.1, 0.15) is 12.5 Å². The van der Waals surface area contributed by atoms with Gasteiger partial charge in [0.15, 0.2) is 6.61 Å². The Morgan fingerprint density at radius 2 is 1.74 bits per heavy atom. The molecule has 0 saturated heterocycles. The van der Waals surface area contributed by atoms with Gasteiger partial charge in [0.1, 0.15) is 5.75 Å². The average molecular weight is 359 g/mol. The Morgan fingerprint density at radius 1 is 1.00 bits per heavy atom. The van der Waals surface area contributed by atoms with Gasteiger partial charge in [0.2, 0.25) is 0 Å². The van der Waals surface area contributed by atoms with Crippen LogP contribution in [0.4, 0.5) is 5.69 Å². The lowest BCUT2D eigenvalue weighted by Crippen LogP contribution is -2.25. The number of hydrogen-bond donors (Lipinski definition) is 2. The second kappa shape index (κ2) is 8.67. The van der Waals surface area contributed by atoms with E-state index in [9.17, 15) is 4.79 Å². The zero-order chi connectivity index (χ0) is 19.1. The molecule has 0 aliphatic carbocycles. The van der Waals surface area contributed by atoms with Crippen molar-refractivity contribution in [2.45, 2.75) is 6.92 Å². The number of nitrogens with zero attached hydrogens (tertiary/aromatic N) is 1. The van der Waals surface area contributed by atoms with Crippen molar-refractivity contribution in [1.29, 1.82) is 0 Å². The Hall–Kier alpha value is -3.60. The van der Waals surface area contributed by atoms with E-state index in [1.54, 1.807) is 19.1 Å². The Labute approximate surface area is 158 Å². The number of hydrazone groups is 1. The second-order valence-corrected chi connectivity index (χ2v) is 6.01. The lowest BCUT2D eigenvalue weighted by Gasteiger charge is -2.11. The van der Waals surface area contributed by atoms with Crippen molar-refractivity contribution < 1.29 is 9.53 Å². The highest BCUT2D eigenvalue weighted by Crippen LogP contribution is 2.29. The van der Waals surface area contributed by atoms with Crippen LogP contribution in [0.5, 0.6) is 5.75 Å². The van der Waals surface area contributed by atoms with Crippen molar-refractivity contribution >= 4 is 17.3 Å². The quantitative estimate of drug-likeness (QED) is 0.399. The standard InChI is InChI=1S/C22H21N3O2/c1-16(18-10-7-11-19(23)14-18)24-25-22(26)15-27-21-13-6-5-12-20(21)17-8-3-2-4-9-17/h2-14H,15,23H2,1H3,(H,25,26)/b24-16+. The summed E-state index contributed by atoms with van der Waals surface area (Å²) in [6, 6.07) is 24.8. The minimum Gasteiger partial charge on any atom is -0.483 e. The van der Waals surface area contributed by atoms with E-state index in [2.05, 4.69) is 10.5 Å². The maximum absolute atomic E-state index is 12.1. The van der Waals surface area contributed by atoms with E-state index in [1.807, 2.05) is 66.7 Å². The molecule has 0 spiro atoms. The predicted octanol–water partition coefficient (Wildman–Crippen LogP) is 3.86. The van der Waals surface area contributed by atoms with Crippen molar-refractivity contribution in [2.24, 2.45) is 5.10 Å². The summed E-state index contributed by atoms with van der Waals surface area (Å²) >= 11 is 0. The molecule has 0 aliphatic rings. The Kier molecular flexibility index (Phi) is 5.84. The molecule has 0 atom stereocenters. The third-order valence-electron chi connectivity index (χ3n) is 3.98. The molecule has 0 radical (unpaired) electrons. The van der Waals surface area contributed by atoms with Crippen LogP contribution in [-0.2, 0) is 4.79 Å². The zero-order valence-electron chi connectivity index (χ0n) is 15.1. The van der Waals surface area contributed by atoms with E-state index < -0.39 is 0 Å².